The summed E-state index contributed by atoms with van der Waals surface area (Å²) in [5.74, 6) is -0.797. The van der Waals surface area contributed by atoms with Gasteiger partial charge in [0, 0.05) is 24.8 Å². The van der Waals surface area contributed by atoms with Crippen molar-refractivity contribution in [3.8, 4) is 0 Å². The molecule has 0 spiro atoms. The molecule has 1 amide bonds. The van der Waals surface area contributed by atoms with Crippen LogP contribution in [0.3, 0.4) is 0 Å². The molecule has 0 bridgehead atoms. The quantitative estimate of drug-likeness (QED) is 0.939. The number of carboxylic acids is 1. The highest BCUT2D eigenvalue weighted by Crippen LogP contribution is 2.22. The summed E-state index contributed by atoms with van der Waals surface area (Å²) in [5.41, 5.74) is 1.58. The number of likely N-dealkylation sites (tertiary alicyclic amines) is 1. The van der Waals surface area contributed by atoms with E-state index >= 15 is 0 Å². The first kappa shape index (κ1) is 16.2. The Kier molecular flexibility index (Phi) is 4.89. The summed E-state index contributed by atoms with van der Waals surface area (Å²) in [4.78, 5) is 29.3. The van der Waals surface area contributed by atoms with E-state index in [1.807, 2.05) is 23.1 Å². The van der Waals surface area contributed by atoms with Gasteiger partial charge in [0.2, 0.25) is 0 Å². The van der Waals surface area contributed by atoms with Crippen LogP contribution in [0.4, 0.5) is 0 Å². The Bertz CT molecular complexity index is 730. The van der Waals surface area contributed by atoms with Crippen LogP contribution in [0.2, 0.25) is 0 Å². The Hall–Kier alpha value is -2.69. The van der Waals surface area contributed by atoms with Gasteiger partial charge in [-0.15, -0.1) is 0 Å². The standard InChI is InChI=1S/C19H20N2O3/c22-18(16-8-9-20-17(12-16)19(23)24)21-10-4-7-15(13-21)11-14-5-2-1-3-6-14/h1-3,5-6,8-9,12,15H,4,7,10-11,13H2,(H,23,24). The van der Waals surface area contributed by atoms with Crippen LogP contribution >= 0.6 is 0 Å². The Balaban J connectivity index is 1.69. The van der Waals surface area contributed by atoms with E-state index in [4.69, 9.17) is 5.11 Å². The van der Waals surface area contributed by atoms with Gasteiger partial charge in [-0.3, -0.25) is 4.79 Å². The molecule has 0 saturated carbocycles. The molecule has 124 valence electrons. The highest BCUT2D eigenvalue weighted by Gasteiger charge is 2.25. The number of aromatic carboxylic acids is 1. The molecule has 1 atom stereocenters. The van der Waals surface area contributed by atoms with Gasteiger partial charge in [0.15, 0.2) is 0 Å². The Labute approximate surface area is 140 Å². The average molecular weight is 324 g/mol. The van der Waals surface area contributed by atoms with Crippen molar-refractivity contribution >= 4 is 11.9 Å². The molecular formula is C19H20N2O3. The lowest BCUT2D eigenvalue weighted by molar-refractivity contribution is 0.0673. The monoisotopic (exact) mass is 324 g/mol. The number of amides is 1. The van der Waals surface area contributed by atoms with E-state index in [1.54, 1.807) is 6.07 Å². The van der Waals surface area contributed by atoms with Gasteiger partial charge >= 0.3 is 5.97 Å². The molecule has 1 aromatic carbocycles. The number of carboxylic acid groups (broad SMARTS) is 1. The van der Waals surface area contributed by atoms with Crippen molar-refractivity contribution < 1.29 is 14.7 Å². The molecule has 1 aliphatic heterocycles. The Morgan fingerprint density at radius 2 is 2.00 bits per heavy atom. The second kappa shape index (κ2) is 7.25. The SMILES string of the molecule is O=C(O)c1cc(C(=O)N2CCCC(Cc3ccccc3)C2)ccn1. The molecule has 5 nitrogen and oxygen atoms in total. The van der Waals surface area contributed by atoms with Crippen LogP contribution < -0.4 is 0 Å². The second-order valence-corrected chi connectivity index (χ2v) is 6.18. The molecule has 2 aromatic rings. The third-order valence-corrected chi connectivity index (χ3v) is 4.40. The molecule has 1 N–H and O–H groups in total. The highest BCUT2D eigenvalue weighted by atomic mass is 16.4. The van der Waals surface area contributed by atoms with Crippen molar-refractivity contribution in [3.63, 3.8) is 0 Å². The maximum Gasteiger partial charge on any atom is 0.354 e. The summed E-state index contributed by atoms with van der Waals surface area (Å²) < 4.78 is 0. The molecule has 1 saturated heterocycles. The summed E-state index contributed by atoms with van der Waals surface area (Å²) in [7, 11) is 0. The summed E-state index contributed by atoms with van der Waals surface area (Å²) in [5, 5.41) is 9.02. The number of hydrogen-bond donors (Lipinski definition) is 1. The molecule has 5 heteroatoms. The molecular weight excluding hydrogens is 304 g/mol. The number of carbonyl (C=O) groups excluding carboxylic acids is 1. The summed E-state index contributed by atoms with van der Waals surface area (Å²) >= 11 is 0. The second-order valence-electron chi connectivity index (χ2n) is 6.18. The van der Waals surface area contributed by atoms with Crippen molar-refractivity contribution in [1.82, 2.24) is 9.88 Å². The molecule has 0 radical (unpaired) electrons. The molecule has 1 fully saturated rings. The zero-order valence-corrected chi connectivity index (χ0v) is 13.4. The van der Waals surface area contributed by atoms with Gasteiger partial charge in [0.25, 0.3) is 5.91 Å². The van der Waals surface area contributed by atoms with Crippen LogP contribution in [0.5, 0.6) is 0 Å². The van der Waals surface area contributed by atoms with Crippen molar-refractivity contribution in [1.29, 1.82) is 0 Å². The lowest BCUT2D eigenvalue weighted by Crippen LogP contribution is -2.40. The van der Waals surface area contributed by atoms with Crippen molar-refractivity contribution in [2.45, 2.75) is 19.3 Å². The summed E-state index contributed by atoms with van der Waals surface area (Å²) in [6.45, 7) is 1.42. The predicted octanol–water partition coefficient (Wildman–Crippen LogP) is 2.87. The smallest absolute Gasteiger partial charge is 0.354 e. The number of piperidine rings is 1. The summed E-state index contributed by atoms with van der Waals surface area (Å²) in [6, 6.07) is 13.2. The first-order chi connectivity index (χ1) is 11.6. The predicted molar refractivity (Wildman–Crippen MR) is 90.0 cm³/mol. The summed E-state index contributed by atoms with van der Waals surface area (Å²) in [6.07, 6.45) is 4.42. The fourth-order valence-corrected chi connectivity index (χ4v) is 3.23. The number of hydrogen-bond acceptors (Lipinski definition) is 3. The van der Waals surface area contributed by atoms with Crippen LogP contribution in [0.15, 0.2) is 48.7 Å². The Morgan fingerprint density at radius 3 is 2.75 bits per heavy atom. The maximum absolute atomic E-state index is 12.7. The molecule has 0 aliphatic carbocycles. The third-order valence-electron chi connectivity index (χ3n) is 4.40. The van der Waals surface area contributed by atoms with E-state index in [1.165, 1.54) is 17.8 Å². The van der Waals surface area contributed by atoms with E-state index in [0.717, 1.165) is 25.8 Å². The van der Waals surface area contributed by atoms with Gasteiger partial charge in [-0.25, -0.2) is 9.78 Å². The van der Waals surface area contributed by atoms with E-state index in [-0.39, 0.29) is 11.6 Å². The molecule has 2 heterocycles. The van der Waals surface area contributed by atoms with Gasteiger partial charge in [0.05, 0.1) is 0 Å². The average Bonchev–Trinajstić information content (AvgIpc) is 2.62. The molecule has 3 rings (SSSR count). The van der Waals surface area contributed by atoms with Crippen LogP contribution in [0, 0.1) is 5.92 Å². The van der Waals surface area contributed by atoms with E-state index in [0.29, 0.717) is 18.0 Å². The van der Waals surface area contributed by atoms with Crippen LogP contribution in [0.1, 0.15) is 39.3 Å². The first-order valence-electron chi connectivity index (χ1n) is 8.16. The van der Waals surface area contributed by atoms with Gasteiger partial charge in [-0.2, -0.15) is 0 Å². The topological polar surface area (TPSA) is 70.5 Å². The molecule has 1 aliphatic rings. The Morgan fingerprint density at radius 1 is 1.21 bits per heavy atom. The van der Waals surface area contributed by atoms with Crippen molar-refractivity contribution in [2.75, 3.05) is 13.1 Å². The molecule has 1 aromatic heterocycles. The van der Waals surface area contributed by atoms with E-state index in [9.17, 15) is 9.59 Å². The normalized spacial score (nSPS) is 17.5. The van der Waals surface area contributed by atoms with Crippen LogP contribution in [-0.4, -0.2) is 40.0 Å². The number of benzene rings is 1. The van der Waals surface area contributed by atoms with Crippen molar-refractivity contribution in [3.05, 3.63) is 65.5 Å². The van der Waals surface area contributed by atoms with Crippen LogP contribution in [0.25, 0.3) is 0 Å². The fourth-order valence-electron chi connectivity index (χ4n) is 3.23. The fraction of sp³-hybridized carbons (Fsp3) is 0.316. The lowest BCUT2D eigenvalue weighted by atomic mass is 9.91. The minimum absolute atomic E-state index is 0.0984. The third kappa shape index (κ3) is 3.79. The minimum atomic E-state index is -1.12. The highest BCUT2D eigenvalue weighted by molar-refractivity contribution is 5.96. The largest absolute Gasteiger partial charge is 0.477 e. The number of aromatic nitrogens is 1. The van der Waals surface area contributed by atoms with Gasteiger partial charge in [0.1, 0.15) is 5.69 Å². The maximum atomic E-state index is 12.7. The molecule has 24 heavy (non-hydrogen) atoms. The van der Waals surface area contributed by atoms with Crippen LogP contribution in [-0.2, 0) is 6.42 Å². The zero-order chi connectivity index (χ0) is 16.9. The zero-order valence-electron chi connectivity index (χ0n) is 13.4. The number of nitrogens with zero attached hydrogens (tertiary/aromatic N) is 2. The van der Waals surface area contributed by atoms with Gasteiger partial charge in [-0.05, 0) is 42.9 Å². The first-order valence-corrected chi connectivity index (χ1v) is 8.16. The van der Waals surface area contributed by atoms with E-state index in [2.05, 4.69) is 17.1 Å². The van der Waals surface area contributed by atoms with Crippen molar-refractivity contribution in [2.24, 2.45) is 5.92 Å². The number of pyridine rings is 1. The molecule has 1 unspecified atom stereocenters. The lowest BCUT2D eigenvalue weighted by Gasteiger charge is -2.33. The van der Waals surface area contributed by atoms with Gasteiger partial charge in [-0.1, -0.05) is 30.3 Å². The minimum Gasteiger partial charge on any atom is -0.477 e. The number of rotatable bonds is 4. The van der Waals surface area contributed by atoms with Gasteiger partial charge < -0.3 is 10.0 Å². The number of carbonyl (C=O) groups is 2. The van der Waals surface area contributed by atoms with E-state index < -0.39 is 5.97 Å².